The summed E-state index contributed by atoms with van der Waals surface area (Å²) < 4.78 is 5.81. The summed E-state index contributed by atoms with van der Waals surface area (Å²) in [7, 11) is 0. The molecule has 6 nitrogen and oxygen atoms in total. The summed E-state index contributed by atoms with van der Waals surface area (Å²) in [6, 6.07) is 22.6. The van der Waals surface area contributed by atoms with E-state index in [1.165, 1.54) is 0 Å². The van der Waals surface area contributed by atoms with Gasteiger partial charge < -0.3 is 15.2 Å². The van der Waals surface area contributed by atoms with E-state index in [9.17, 15) is 14.4 Å². The normalized spacial score (nSPS) is 16.9. The highest BCUT2D eigenvalue weighted by Gasteiger charge is 2.51. The van der Waals surface area contributed by atoms with Crippen LogP contribution in [-0.4, -0.2) is 23.0 Å². The fraction of sp³-hybridized carbons (Fsp3) is 0.276. The fourth-order valence-electron chi connectivity index (χ4n) is 4.59. The fourth-order valence-corrected chi connectivity index (χ4v) is 4.59. The predicted molar refractivity (Wildman–Crippen MR) is 134 cm³/mol. The smallest absolute Gasteiger partial charge is 0.311 e. The number of esters is 1. The van der Waals surface area contributed by atoms with E-state index in [4.69, 9.17) is 9.84 Å². The van der Waals surface area contributed by atoms with Crippen LogP contribution in [0.4, 0.5) is 5.69 Å². The Bertz CT molecular complexity index is 1280. The molecular weight excluding hydrogens is 442 g/mol. The van der Waals surface area contributed by atoms with Crippen molar-refractivity contribution in [1.82, 2.24) is 0 Å². The topological polar surface area (TPSA) is 92.7 Å². The molecule has 6 heteroatoms. The second-order valence-corrected chi connectivity index (χ2v) is 9.80. The Morgan fingerprint density at radius 1 is 0.914 bits per heavy atom. The zero-order valence-corrected chi connectivity index (χ0v) is 20.1. The number of amides is 1. The number of carboxylic acids is 1. The summed E-state index contributed by atoms with van der Waals surface area (Å²) in [4.78, 5) is 37.4. The van der Waals surface area contributed by atoms with E-state index in [0.717, 1.165) is 16.7 Å². The summed E-state index contributed by atoms with van der Waals surface area (Å²) in [6.45, 7) is 6.25. The van der Waals surface area contributed by atoms with Gasteiger partial charge in [-0.25, -0.2) is 0 Å². The van der Waals surface area contributed by atoms with Crippen molar-refractivity contribution in [3.63, 3.8) is 0 Å². The minimum absolute atomic E-state index is 0.0338. The van der Waals surface area contributed by atoms with E-state index in [2.05, 4.69) is 26.1 Å². The zero-order chi connectivity index (χ0) is 25.2. The average molecular weight is 472 g/mol. The second kappa shape index (κ2) is 9.37. The molecular formula is C29H29NO5. The first-order chi connectivity index (χ1) is 16.6. The molecule has 2 N–H and O–H groups in total. The number of fused-ring (bicyclic) bond motifs is 1. The number of nitrogens with one attached hydrogen (secondary N) is 1. The first kappa shape index (κ1) is 24.2. The lowest BCUT2D eigenvalue weighted by Crippen LogP contribution is -2.38. The van der Waals surface area contributed by atoms with Gasteiger partial charge in [0.2, 0.25) is 5.91 Å². The molecule has 1 unspecified atom stereocenters. The van der Waals surface area contributed by atoms with Crippen molar-refractivity contribution in [3.05, 3.63) is 95.1 Å². The van der Waals surface area contributed by atoms with Crippen molar-refractivity contribution in [2.75, 3.05) is 5.32 Å². The quantitative estimate of drug-likeness (QED) is 0.354. The van der Waals surface area contributed by atoms with Gasteiger partial charge in [0.1, 0.15) is 11.2 Å². The van der Waals surface area contributed by atoms with Crippen LogP contribution in [0.25, 0.3) is 0 Å². The van der Waals surface area contributed by atoms with Crippen molar-refractivity contribution >= 4 is 23.5 Å². The lowest BCUT2D eigenvalue weighted by atomic mass is 9.68. The Labute approximate surface area is 204 Å². The van der Waals surface area contributed by atoms with Gasteiger partial charge >= 0.3 is 11.9 Å². The van der Waals surface area contributed by atoms with Gasteiger partial charge in [0.05, 0.1) is 0 Å². The van der Waals surface area contributed by atoms with Gasteiger partial charge in [-0.2, -0.15) is 0 Å². The maximum atomic E-state index is 13.9. The van der Waals surface area contributed by atoms with Crippen molar-refractivity contribution < 1.29 is 24.2 Å². The molecule has 0 aromatic heterocycles. The SMILES string of the molecule is CC(C)(C)c1ccc(OC(=O)CCCC(=O)O)c(C2(c3ccccc3)C(=O)Nc3ccccc32)c1. The van der Waals surface area contributed by atoms with E-state index in [1.807, 2.05) is 66.7 Å². The molecule has 3 aromatic carbocycles. The molecule has 0 saturated carbocycles. The zero-order valence-electron chi connectivity index (χ0n) is 20.1. The van der Waals surface area contributed by atoms with Gasteiger partial charge in [-0.15, -0.1) is 0 Å². The summed E-state index contributed by atoms with van der Waals surface area (Å²) in [5, 5.41) is 11.9. The maximum absolute atomic E-state index is 13.9. The first-order valence-electron chi connectivity index (χ1n) is 11.7. The van der Waals surface area contributed by atoms with Gasteiger partial charge in [0.15, 0.2) is 0 Å². The Kier molecular flexibility index (Phi) is 6.48. The number of carboxylic acid groups (broad SMARTS) is 1. The van der Waals surface area contributed by atoms with Crippen molar-refractivity contribution in [2.45, 2.75) is 50.9 Å². The first-order valence-corrected chi connectivity index (χ1v) is 11.7. The van der Waals surface area contributed by atoms with Gasteiger partial charge in [0.25, 0.3) is 0 Å². The van der Waals surface area contributed by atoms with E-state index in [1.54, 1.807) is 6.07 Å². The molecule has 0 saturated heterocycles. The molecule has 0 bridgehead atoms. The lowest BCUT2D eigenvalue weighted by Gasteiger charge is -2.32. The lowest BCUT2D eigenvalue weighted by molar-refractivity contribution is -0.137. The molecule has 0 radical (unpaired) electrons. The van der Waals surface area contributed by atoms with Crippen LogP contribution in [0.2, 0.25) is 0 Å². The number of hydrogen-bond donors (Lipinski definition) is 2. The molecule has 0 aliphatic carbocycles. The second-order valence-electron chi connectivity index (χ2n) is 9.80. The number of rotatable bonds is 7. The van der Waals surface area contributed by atoms with Crippen LogP contribution in [0.3, 0.4) is 0 Å². The molecule has 0 fully saturated rings. The molecule has 180 valence electrons. The number of benzene rings is 3. The molecule has 1 aliphatic heterocycles. The molecule has 3 aromatic rings. The minimum atomic E-state index is -1.23. The molecule has 1 heterocycles. The van der Waals surface area contributed by atoms with Crippen molar-refractivity contribution in [3.8, 4) is 5.75 Å². The highest BCUT2D eigenvalue weighted by atomic mass is 16.5. The van der Waals surface area contributed by atoms with Crippen LogP contribution in [0.5, 0.6) is 5.75 Å². The number of aliphatic carboxylic acids is 1. The van der Waals surface area contributed by atoms with Gasteiger partial charge in [-0.1, -0.05) is 75.4 Å². The number of para-hydroxylation sites is 1. The van der Waals surface area contributed by atoms with Gasteiger partial charge in [-0.05, 0) is 41.2 Å². The van der Waals surface area contributed by atoms with Crippen LogP contribution in [0.1, 0.15) is 62.3 Å². The molecule has 4 rings (SSSR count). The number of ether oxygens (including phenoxy) is 1. The summed E-state index contributed by atoms with van der Waals surface area (Å²) >= 11 is 0. The number of carbonyl (C=O) groups excluding carboxylic acids is 2. The Hall–Kier alpha value is -3.93. The van der Waals surface area contributed by atoms with E-state index in [-0.39, 0.29) is 36.3 Å². The summed E-state index contributed by atoms with van der Waals surface area (Å²) in [6.07, 6.45) is 0.0270. The van der Waals surface area contributed by atoms with E-state index >= 15 is 0 Å². The summed E-state index contributed by atoms with van der Waals surface area (Å²) in [5.41, 5.74) is 2.38. The van der Waals surface area contributed by atoms with Gasteiger partial charge in [0, 0.05) is 29.7 Å². The maximum Gasteiger partial charge on any atom is 0.311 e. The number of hydrogen-bond acceptors (Lipinski definition) is 4. The molecule has 0 spiro atoms. The van der Waals surface area contributed by atoms with E-state index < -0.39 is 17.4 Å². The average Bonchev–Trinajstić information content (AvgIpc) is 3.11. The number of carbonyl (C=O) groups is 3. The molecule has 1 aliphatic rings. The van der Waals surface area contributed by atoms with Crippen LogP contribution in [0.15, 0.2) is 72.8 Å². The molecule has 1 amide bonds. The third kappa shape index (κ3) is 4.56. The van der Waals surface area contributed by atoms with Crippen LogP contribution < -0.4 is 10.1 Å². The van der Waals surface area contributed by atoms with E-state index in [0.29, 0.717) is 11.3 Å². The highest BCUT2D eigenvalue weighted by molar-refractivity contribution is 6.11. The Balaban J connectivity index is 1.93. The molecule has 1 atom stereocenters. The van der Waals surface area contributed by atoms with Crippen LogP contribution in [0, 0.1) is 0 Å². The monoisotopic (exact) mass is 471 g/mol. The third-order valence-corrected chi connectivity index (χ3v) is 6.37. The van der Waals surface area contributed by atoms with Gasteiger partial charge in [-0.3, -0.25) is 14.4 Å². The van der Waals surface area contributed by atoms with Crippen molar-refractivity contribution in [1.29, 1.82) is 0 Å². The third-order valence-electron chi connectivity index (χ3n) is 6.37. The number of anilines is 1. The summed E-state index contributed by atoms with van der Waals surface area (Å²) in [5.74, 6) is -1.44. The predicted octanol–water partition coefficient (Wildman–Crippen LogP) is 5.43. The van der Waals surface area contributed by atoms with Crippen LogP contribution in [-0.2, 0) is 25.2 Å². The highest BCUT2D eigenvalue weighted by Crippen LogP contribution is 2.51. The largest absolute Gasteiger partial charge is 0.481 e. The standard InChI is InChI=1S/C29H29NO5/c1-28(2,3)20-16-17-24(35-26(33)15-9-14-25(31)32)22(18-20)29(19-10-5-4-6-11-19)21-12-7-8-13-23(21)30-27(29)34/h4-8,10-13,16-18H,9,14-15H2,1-3H3,(H,30,34)(H,31,32). The minimum Gasteiger partial charge on any atom is -0.481 e. The Morgan fingerprint density at radius 2 is 1.60 bits per heavy atom. The van der Waals surface area contributed by atoms with Crippen LogP contribution >= 0.6 is 0 Å². The molecule has 35 heavy (non-hydrogen) atoms. The Morgan fingerprint density at radius 3 is 2.29 bits per heavy atom. The van der Waals surface area contributed by atoms with Crippen molar-refractivity contribution in [2.24, 2.45) is 0 Å².